The maximum Gasteiger partial charge on any atom is 0.217 e. The molecule has 0 N–H and O–H groups in total. The van der Waals surface area contributed by atoms with Crippen molar-refractivity contribution in [1.29, 1.82) is 0 Å². The van der Waals surface area contributed by atoms with Crippen LogP contribution >= 0.6 is 43.6 Å². The molecular formula is C16H11Br2NO2S. The summed E-state index contributed by atoms with van der Waals surface area (Å²) in [5.41, 5.74) is 2.95. The first-order valence-corrected chi connectivity index (χ1v) is 9.11. The molecule has 0 bridgehead atoms. The van der Waals surface area contributed by atoms with Crippen molar-refractivity contribution in [2.24, 2.45) is 0 Å². The van der Waals surface area contributed by atoms with E-state index < -0.39 is 0 Å². The second kappa shape index (κ2) is 5.01. The van der Waals surface area contributed by atoms with Gasteiger partial charge in [0.1, 0.15) is 9.41 Å². The Labute approximate surface area is 149 Å². The zero-order valence-corrected chi connectivity index (χ0v) is 15.6. The lowest BCUT2D eigenvalue weighted by molar-refractivity contribution is 0.104. The van der Waals surface area contributed by atoms with Crippen LogP contribution in [0.25, 0.3) is 5.70 Å². The van der Waals surface area contributed by atoms with E-state index in [0.29, 0.717) is 0 Å². The highest BCUT2D eigenvalue weighted by Gasteiger charge is 2.46. The molecule has 0 saturated carbocycles. The topological polar surface area (TPSA) is 31.2 Å². The van der Waals surface area contributed by atoms with Crippen molar-refractivity contribution in [2.45, 2.75) is 10.1 Å². The Kier molecular flexibility index (Phi) is 3.33. The van der Waals surface area contributed by atoms with Gasteiger partial charge in [-0.05, 0) is 39.7 Å². The summed E-state index contributed by atoms with van der Waals surface area (Å²) in [6, 6.07) is 9.85. The Morgan fingerprint density at radius 2 is 2.05 bits per heavy atom. The molecule has 1 unspecified atom stereocenters. The molecule has 0 spiro atoms. The molecule has 1 aromatic heterocycles. The van der Waals surface area contributed by atoms with Crippen LogP contribution in [0.1, 0.15) is 22.5 Å². The number of fused-ring (bicyclic) bond motifs is 2. The number of carbonyl (C=O) groups is 1. The zero-order valence-electron chi connectivity index (χ0n) is 11.6. The van der Waals surface area contributed by atoms with E-state index in [-0.39, 0.29) is 9.44 Å². The molecule has 0 fully saturated rings. The number of halogens is 2. The van der Waals surface area contributed by atoms with Crippen molar-refractivity contribution in [1.82, 2.24) is 4.57 Å². The first-order chi connectivity index (χ1) is 10.5. The smallest absolute Gasteiger partial charge is 0.217 e. The molecule has 2 aliphatic heterocycles. The number of hydrogen-bond donors (Lipinski definition) is 0. The maximum atomic E-state index is 12.5. The monoisotopic (exact) mass is 439 g/mol. The zero-order chi connectivity index (χ0) is 15.5. The van der Waals surface area contributed by atoms with Crippen LogP contribution in [-0.2, 0) is 3.66 Å². The number of aromatic nitrogens is 1. The van der Waals surface area contributed by atoms with Gasteiger partial charge in [-0.25, -0.2) is 0 Å². The molecule has 112 valence electrons. The number of methoxy groups -OCH3 is 1. The molecule has 6 heteroatoms. The van der Waals surface area contributed by atoms with E-state index in [4.69, 9.17) is 4.74 Å². The molecular weight excluding hydrogens is 430 g/mol. The fourth-order valence-electron chi connectivity index (χ4n) is 2.87. The van der Waals surface area contributed by atoms with Crippen molar-refractivity contribution in [3.05, 3.63) is 57.2 Å². The summed E-state index contributed by atoms with van der Waals surface area (Å²) in [5, 5.41) is 0. The minimum Gasteiger partial charge on any atom is -0.497 e. The highest BCUT2D eigenvalue weighted by Crippen LogP contribution is 2.60. The summed E-state index contributed by atoms with van der Waals surface area (Å²) < 4.78 is 7.85. The van der Waals surface area contributed by atoms with Crippen LogP contribution in [0, 0.1) is 0 Å². The average molecular weight is 441 g/mol. The highest BCUT2D eigenvalue weighted by atomic mass is 79.9. The number of benzene rings is 1. The van der Waals surface area contributed by atoms with Gasteiger partial charge in [-0.2, -0.15) is 0 Å². The molecule has 0 amide bonds. The SMILES string of the molecule is COc1ccc(C2(Br)CC3=C(S2)C(=O)c2cc(Br)cn23)cc1. The molecule has 1 aromatic carbocycles. The summed E-state index contributed by atoms with van der Waals surface area (Å²) in [5.74, 6) is 0.941. The van der Waals surface area contributed by atoms with Gasteiger partial charge >= 0.3 is 0 Å². The quantitative estimate of drug-likeness (QED) is 0.615. The third-order valence-corrected chi connectivity index (χ3v) is 6.94. The molecule has 22 heavy (non-hydrogen) atoms. The molecule has 2 aromatic rings. The number of alkyl halides is 1. The minimum absolute atomic E-state index is 0.112. The van der Waals surface area contributed by atoms with Gasteiger partial charge in [-0.3, -0.25) is 4.79 Å². The van der Waals surface area contributed by atoms with Crippen LogP contribution in [0.5, 0.6) is 5.75 Å². The summed E-state index contributed by atoms with van der Waals surface area (Å²) in [6.45, 7) is 0. The lowest BCUT2D eigenvalue weighted by atomic mass is 10.1. The van der Waals surface area contributed by atoms with Crippen LogP contribution in [0.15, 0.2) is 45.9 Å². The fraction of sp³-hybridized carbons (Fsp3) is 0.188. The number of hydrogen-bond acceptors (Lipinski definition) is 3. The summed E-state index contributed by atoms with van der Waals surface area (Å²) >= 11 is 8.88. The number of thioether (sulfide) groups is 1. The number of ether oxygens (including phenoxy) is 1. The van der Waals surface area contributed by atoms with Crippen molar-refractivity contribution >= 4 is 55.1 Å². The molecule has 1 atom stereocenters. The second-order valence-electron chi connectivity index (χ2n) is 5.25. The van der Waals surface area contributed by atoms with E-state index in [2.05, 4.69) is 31.9 Å². The standard InChI is InChI=1S/C16H11Br2NO2S/c1-21-11-4-2-9(3-5-11)16(18)7-13-15(22-16)14(20)12-6-10(17)8-19(12)13/h2-6,8H,7H2,1H3. The fourth-order valence-corrected chi connectivity index (χ4v) is 5.58. The Balaban J connectivity index is 1.70. The van der Waals surface area contributed by atoms with Crippen LogP contribution in [-0.4, -0.2) is 17.5 Å². The highest BCUT2D eigenvalue weighted by molar-refractivity contribution is 9.11. The third kappa shape index (κ3) is 2.04. The van der Waals surface area contributed by atoms with E-state index in [1.165, 1.54) is 0 Å². The predicted molar refractivity (Wildman–Crippen MR) is 95.5 cm³/mol. The predicted octanol–water partition coefficient (Wildman–Crippen LogP) is 5.01. The van der Waals surface area contributed by atoms with Gasteiger partial charge in [-0.1, -0.05) is 39.8 Å². The minimum atomic E-state index is -0.298. The molecule has 0 saturated heterocycles. The third-order valence-electron chi connectivity index (χ3n) is 3.96. The maximum absolute atomic E-state index is 12.5. The normalized spacial score (nSPS) is 23.0. The van der Waals surface area contributed by atoms with E-state index in [1.807, 2.05) is 41.1 Å². The van der Waals surface area contributed by atoms with Gasteiger partial charge in [0.25, 0.3) is 0 Å². The summed E-state index contributed by atoms with van der Waals surface area (Å²) in [7, 11) is 1.66. The molecule has 3 heterocycles. The van der Waals surface area contributed by atoms with Gasteiger partial charge < -0.3 is 9.30 Å². The lowest BCUT2D eigenvalue weighted by Crippen LogP contribution is -2.13. The van der Waals surface area contributed by atoms with Crippen LogP contribution in [0.3, 0.4) is 0 Å². The largest absolute Gasteiger partial charge is 0.497 e. The Hall–Kier alpha value is -0.980. The number of nitrogens with zero attached hydrogens (tertiary/aromatic N) is 1. The lowest BCUT2D eigenvalue weighted by Gasteiger charge is -2.23. The number of allylic oxidation sites excluding steroid dienone is 2. The van der Waals surface area contributed by atoms with Gasteiger partial charge in [0.2, 0.25) is 5.78 Å². The molecule has 4 rings (SSSR count). The van der Waals surface area contributed by atoms with Crippen LogP contribution in [0.4, 0.5) is 0 Å². The Morgan fingerprint density at radius 3 is 2.73 bits per heavy atom. The van der Waals surface area contributed by atoms with Gasteiger partial charge in [0.05, 0.1) is 17.7 Å². The van der Waals surface area contributed by atoms with E-state index in [9.17, 15) is 4.79 Å². The Morgan fingerprint density at radius 1 is 1.32 bits per heavy atom. The number of carbonyl (C=O) groups excluding carboxylic acids is 1. The molecule has 0 radical (unpaired) electrons. The van der Waals surface area contributed by atoms with Gasteiger partial charge in [0.15, 0.2) is 0 Å². The van der Waals surface area contributed by atoms with Gasteiger partial charge in [-0.15, -0.1) is 0 Å². The van der Waals surface area contributed by atoms with E-state index in [0.717, 1.165) is 38.5 Å². The molecule has 3 nitrogen and oxygen atoms in total. The first kappa shape index (κ1) is 14.6. The van der Waals surface area contributed by atoms with Crippen molar-refractivity contribution in [2.75, 3.05) is 7.11 Å². The number of rotatable bonds is 2. The van der Waals surface area contributed by atoms with Crippen molar-refractivity contribution in [3.63, 3.8) is 0 Å². The Bertz CT molecular complexity index is 825. The average Bonchev–Trinajstić information content (AvgIpc) is 3.13. The van der Waals surface area contributed by atoms with Gasteiger partial charge in [0, 0.05) is 22.8 Å². The summed E-state index contributed by atoms with van der Waals surface area (Å²) in [4.78, 5) is 13.4. The summed E-state index contributed by atoms with van der Waals surface area (Å²) in [6.07, 6.45) is 2.72. The van der Waals surface area contributed by atoms with Crippen molar-refractivity contribution in [3.8, 4) is 5.75 Å². The van der Waals surface area contributed by atoms with E-state index >= 15 is 0 Å². The first-order valence-electron chi connectivity index (χ1n) is 6.70. The van der Waals surface area contributed by atoms with E-state index in [1.54, 1.807) is 18.9 Å². The second-order valence-corrected chi connectivity index (χ2v) is 9.36. The number of ketones is 1. The number of Topliss-reactive ketones (excluding diaryl/α,β-unsaturated/α-hetero) is 1. The molecule has 0 aliphatic carbocycles. The van der Waals surface area contributed by atoms with Crippen LogP contribution < -0.4 is 4.74 Å². The van der Waals surface area contributed by atoms with Crippen LogP contribution in [0.2, 0.25) is 0 Å². The molecule has 2 aliphatic rings. The van der Waals surface area contributed by atoms with Crippen molar-refractivity contribution < 1.29 is 9.53 Å².